The van der Waals surface area contributed by atoms with E-state index in [4.69, 9.17) is 9.84 Å². The smallest absolute Gasteiger partial charge is 0.339 e. The molecule has 1 aromatic heterocycles. The van der Waals surface area contributed by atoms with Crippen LogP contribution in [-0.4, -0.2) is 34.2 Å². The van der Waals surface area contributed by atoms with Gasteiger partial charge in [-0.05, 0) is 61.1 Å². The molecule has 0 radical (unpaired) electrons. The maximum Gasteiger partial charge on any atom is 0.339 e. The molecular weight excluding hydrogens is 486 g/mol. The molecule has 0 saturated heterocycles. The van der Waals surface area contributed by atoms with Crippen LogP contribution in [0.15, 0.2) is 102 Å². The van der Waals surface area contributed by atoms with E-state index in [2.05, 4.69) is 23.2 Å². The van der Waals surface area contributed by atoms with Crippen LogP contribution >= 0.6 is 0 Å². The molecule has 6 nitrogen and oxygen atoms in total. The van der Waals surface area contributed by atoms with Gasteiger partial charge in [0.05, 0.1) is 22.8 Å². The van der Waals surface area contributed by atoms with Crippen LogP contribution in [0.5, 0.6) is 0 Å². The highest BCUT2D eigenvalue weighted by Gasteiger charge is 2.43. The Hall–Kier alpha value is -4.58. The molecule has 2 aliphatic rings. The normalized spacial score (nSPS) is 19.6. The number of allylic oxidation sites excluding steroid dienone is 1. The minimum absolute atomic E-state index is 0.0857. The molecule has 39 heavy (non-hydrogen) atoms. The number of amides is 1. The third-order valence-electron chi connectivity index (χ3n) is 7.43. The minimum atomic E-state index is -0.546. The highest BCUT2D eigenvalue weighted by atomic mass is 16.5. The average Bonchev–Trinajstić information content (AvgIpc) is 3.37. The van der Waals surface area contributed by atoms with Crippen LogP contribution in [0.2, 0.25) is 0 Å². The Kier molecular flexibility index (Phi) is 6.76. The number of aromatic nitrogens is 1. The number of aryl methyl sites for hydroxylation is 1. The number of ether oxygens (including phenoxy) is 1. The molecule has 0 spiro atoms. The van der Waals surface area contributed by atoms with Crippen molar-refractivity contribution < 1.29 is 14.3 Å². The molecule has 0 N–H and O–H groups in total. The molecule has 1 saturated carbocycles. The topological polar surface area (TPSA) is 71.9 Å². The van der Waals surface area contributed by atoms with E-state index in [1.54, 1.807) is 11.1 Å². The Morgan fingerprint density at radius 3 is 2.49 bits per heavy atom. The summed E-state index contributed by atoms with van der Waals surface area (Å²) in [6.45, 7) is 1.44. The first-order valence-corrected chi connectivity index (χ1v) is 13.3. The summed E-state index contributed by atoms with van der Waals surface area (Å²) in [6, 6.07) is 29.1. The van der Waals surface area contributed by atoms with Crippen molar-refractivity contribution >= 4 is 34.6 Å². The van der Waals surface area contributed by atoms with Crippen LogP contribution in [0.3, 0.4) is 0 Å². The van der Waals surface area contributed by atoms with Crippen molar-refractivity contribution in [2.24, 2.45) is 11.0 Å². The van der Waals surface area contributed by atoms with Crippen molar-refractivity contribution in [3.63, 3.8) is 0 Å². The van der Waals surface area contributed by atoms with Gasteiger partial charge < -0.3 is 4.74 Å². The van der Waals surface area contributed by atoms with Crippen molar-refractivity contribution in [1.82, 2.24) is 9.99 Å². The first-order valence-electron chi connectivity index (χ1n) is 13.3. The number of pyridine rings is 1. The van der Waals surface area contributed by atoms with E-state index in [-0.39, 0.29) is 24.5 Å². The van der Waals surface area contributed by atoms with Crippen molar-refractivity contribution in [2.45, 2.75) is 32.2 Å². The van der Waals surface area contributed by atoms with Crippen LogP contribution in [0.4, 0.5) is 0 Å². The lowest BCUT2D eigenvalue weighted by atomic mass is 9.77. The van der Waals surface area contributed by atoms with Crippen molar-refractivity contribution in [3.05, 3.63) is 119 Å². The number of carbonyl (C=O) groups excluding carboxylic acids is 2. The fraction of sp³-hybridized carbons (Fsp3) is 0.212. The van der Waals surface area contributed by atoms with E-state index in [0.717, 1.165) is 41.7 Å². The summed E-state index contributed by atoms with van der Waals surface area (Å²) in [5.41, 5.74) is 6.08. The van der Waals surface area contributed by atoms with Gasteiger partial charge >= 0.3 is 5.97 Å². The number of hydrogen-bond acceptors (Lipinski definition) is 5. The molecule has 1 fully saturated rings. The number of rotatable bonds is 5. The molecule has 194 valence electrons. The molecule has 0 bridgehead atoms. The van der Waals surface area contributed by atoms with Crippen LogP contribution in [0.25, 0.3) is 17.0 Å². The first-order chi connectivity index (χ1) is 19.1. The third-order valence-corrected chi connectivity index (χ3v) is 7.43. The summed E-state index contributed by atoms with van der Waals surface area (Å²) >= 11 is 0. The summed E-state index contributed by atoms with van der Waals surface area (Å²) < 4.78 is 5.58. The van der Waals surface area contributed by atoms with Crippen molar-refractivity contribution in [1.29, 1.82) is 0 Å². The van der Waals surface area contributed by atoms with Gasteiger partial charge in [0, 0.05) is 17.0 Å². The fourth-order valence-corrected chi connectivity index (χ4v) is 5.69. The molecule has 6 heteroatoms. The zero-order valence-electron chi connectivity index (χ0n) is 21.8. The summed E-state index contributed by atoms with van der Waals surface area (Å²) in [5, 5.41) is 7.14. The number of carbonyl (C=O) groups is 2. The van der Waals surface area contributed by atoms with E-state index >= 15 is 0 Å². The predicted molar refractivity (Wildman–Crippen MR) is 152 cm³/mol. The Bertz CT molecular complexity index is 1590. The van der Waals surface area contributed by atoms with Crippen LogP contribution in [0.1, 0.15) is 52.5 Å². The van der Waals surface area contributed by atoms with Gasteiger partial charge in [-0.15, -0.1) is 0 Å². The second kappa shape index (κ2) is 10.7. The molecule has 0 unspecified atom stereocenters. The van der Waals surface area contributed by atoms with Crippen molar-refractivity contribution in [3.8, 4) is 0 Å². The third kappa shape index (κ3) is 4.98. The largest absolute Gasteiger partial charge is 0.452 e. The maximum atomic E-state index is 13.6. The van der Waals surface area contributed by atoms with Crippen molar-refractivity contribution in [2.75, 3.05) is 6.61 Å². The number of hydrazone groups is 1. The molecule has 1 amide bonds. The van der Waals surface area contributed by atoms with Gasteiger partial charge in [0.2, 0.25) is 0 Å². The first kappa shape index (κ1) is 24.7. The number of fused-ring (bicyclic) bond motifs is 2. The molecule has 3 aromatic carbocycles. The zero-order valence-corrected chi connectivity index (χ0v) is 21.8. The van der Waals surface area contributed by atoms with Gasteiger partial charge in [-0.3, -0.25) is 9.78 Å². The second-order valence-corrected chi connectivity index (χ2v) is 10.1. The Morgan fingerprint density at radius 2 is 1.69 bits per heavy atom. The van der Waals surface area contributed by atoms with E-state index in [1.807, 2.05) is 79.7 Å². The van der Waals surface area contributed by atoms with Gasteiger partial charge in [0.1, 0.15) is 0 Å². The van der Waals surface area contributed by atoms with E-state index < -0.39 is 5.97 Å². The predicted octanol–water partition coefficient (Wildman–Crippen LogP) is 6.52. The maximum absolute atomic E-state index is 13.6. The lowest BCUT2D eigenvalue weighted by Gasteiger charge is -2.29. The molecule has 1 aliphatic carbocycles. The molecule has 4 aromatic rings. The minimum Gasteiger partial charge on any atom is -0.452 e. The number of hydrogen-bond donors (Lipinski definition) is 0. The summed E-state index contributed by atoms with van der Waals surface area (Å²) in [4.78, 5) is 31.2. The van der Waals surface area contributed by atoms with Crippen LogP contribution in [-0.2, 0) is 9.53 Å². The molecule has 2 atom stereocenters. The number of nitrogens with zero attached hydrogens (tertiary/aromatic N) is 3. The second-order valence-electron chi connectivity index (χ2n) is 10.1. The fourth-order valence-electron chi connectivity index (χ4n) is 5.69. The van der Waals surface area contributed by atoms with Gasteiger partial charge in [-0.1, -0.05) is 78.9 Å². The van der Waals surface area contributed by atoms with Crippen LogP contribution < -0.4 is 0 Å². The lowest BCUT2D eigenvalue weighted by molar-refractivity contribution is -0.137. The van der Waals surface area contributed by atoms with Gasteiger partial charge in [-0.2, -0.15) is 5.10 Å². The standard InChI is InChI=1S/C33H29N3O3/c1-22-19-28(26-16-8-9-18-29(26)34-22)33(38)39-21-30(37)36-32(24-13-6-3-7-14-24)27-17-10-15-25(31(27)35-36)20-23-11-4-2-5-12-23/h2-9,11-14,16,18-20,27,32H,10,15,17,21H2,1H3/b25-20-/t27-,32+/m0/s1. The van der Waals surface area contributed by atoms with E-state index in [9.17, 15) is 9.59 Å². The quantitative estimate of drug-likeness (QED) is 0.284. The SMILES string of the molecule is Cc1cc(C(=O)OCC(=O)N2N=C3/C(=C\c4ccccc4)CCC[C@@H]3[C@H]2c2ccccc2)c2ccccc2n1. The molecule has 2 heterocycles. The van der Waals surface area contributed by atoms with Gasteiger partial charge in [0.25, 0.3) is 5.91 Å². The number of para-hydroxylation sites is 1. The lowest BCUT2D eigenvalue weighted by Crippen LogP contribution is -2.34. The number of esters is 1. The molecular formula is C33H29N3O3. The highest BCUT2D eigenvalue weighted by molar-refractivity contribution is 6.08. The Balaban J connectivity index is 1.29. The monoisotopic (exact) mass is 515 g/mol. The summed E-state index contributed by atoms with van der Waals surface area (Å²) in [7, 11) is 0. The van der Waals surface area contributed by atoms with E-state index in [1.165, 1.54) is 0 Å². The van der Waals surface area contributed by atoms with Crippen LogP contribution in [0, 0.1) is 12.8 Å². The Labute approximate surface area is 227 Å². The molecule has 6 rings (SSSR count). The van der Waals surface area contributed by atoms with E-state index in [0.29, 0.717) is 22.2 Å². The number of benzene rings is 3. The summed E-state index contributed by atoms with van der Waals surface area (Å²) in [5.74, 6) is -0.800. The van der Waals surface area contributed by atoms with Gasteiger partial charge in [0.15, 0.2) is 6.61 Å². The summed E-state index contributed by atoms with van der Waals surface area (Å²) in [6.07, 6.45) is 5.06. The average molecular weight is 516 g/mol. The Morgan fingerprint density at radius 1 is 0.974 bits per heavy atom. The highest BCUT2D eigenvalue weighted by Crippen LogP contribution is 2.44. The zero-order chi connectivity index (χ0) is 26.8. The van der Waals surface area contributed by atoms with Gasteiger partial charge in [-0.25, -0.2) is 9.80 Å². The molecule has 1 aliphatic heterocycles.